The minimum absolute atomic E-state index is 0.588. The average Bonchev–Trinajstić information content (AvgIpc) is 2.53. The number of nitrogens with zero attached hydrogens (tertiary/aromatic N) is 2. The summed E-state index contributed by atoms with van der Waals surface area (Å²) in [5.74, 6) is 0.933. The van der Waals surface area contributed by atoms with E-state index < -0.39 is 0 Å². The van der Waals surface area contributed by atoms with E-state index in [0.29, 0.717) is 17.7 Å². The van der Waals surface area contributed by atoms with Crippen molar-refractivity contribution < 1.29 is 0 Å². The highest BCUT2D eigenvalue weighted by atomic mass is 32.2. The van der Waals surface area contributed by atoms with Crippen LogP contribution in [0.4, 0.5) is 5.69 Å². The molecule has 0 fully saturated rings. The Balaban J connectivity index is 2.18. The van der Waals surface area contributed by atoms with Gasteiger partial charge in [-0.15, -0.1) is 11.8 Å². The topological polar surface area (TPSA) is 59.6 Å². The first-order chi connectivity index (χ1) is 10.3. The highest BCUT2D eigenvalue weighted by Crippen LogP contribution is 2.28. The fourth-order valence-electron chi connectivity index (χ4n) is 2.02. The van der Waals surface area contributed by atoms with E-state index in [0.717, 1.165) is 21.9 Å². The zero-order valence-corrected chi connectivity index (χ0v) is 12.6. The van der Waals surface area contributed by atoms with Gasteiger partial charge in [-0.3, -0.25) is 0 Å². The van der Waals surface area contributed by atoms with Crippen molar-refractivity contribution in [2.24, 2.45) is 0 Å². The molecule has 21 heavy (non-hydrogen) atoms. The third-order valence-electron chi connectivity index (χ3n) is 2.98. The lowest BCUT2D eigenvalue weighted by Gasteiger charge is -2.11. The molecule has 0 spiro atoms. The predicted molar refractivity (Wildman–Crippen MR) is 86.0 cm³/mol. The van der Waals surface area contributed by atoms with Crippen LogP contribution >= 0.6 is 11.8 Å². The zero-order chi connectivity index (χ0) is 15.1. The summed E-state index contributed by atoms with van der Waals surface area (Å²) >= 11 is 1.66. The number of nitriles is 2. The number of nitrogens with one attached hydrogen (secondary N) is 1. The zero-order valence-electron chi connectivity index (χ0n) is 11.8. The van der Waals surface area contributed by atoms with Crippen molar-refractivity contribution in [2.75, 3.05) is 11.1 Å². The first kappa shape index (κ1) is 15.0. The number of hydrogen-bond donors (Lipinski definition) is 1. The van der Waals surface area contributed by atoms with Crippen molar-refractivity contribution in [3.63, 3.8) is 0 Å². The summed E-state index contributed by atoms with van der Waals surface area (Å²) in [6, 6.07) is 17.7. The summed E-state index contributed by atoms with van der Waals surface area (Å²) in [5.41, 5.74) is 3.18. The molecule has 0 radical (unpaired) electrons. The Morgan fingerprint density at radius 3 is 2.62 bits per heavy atom. The minimum atomic E-state index is 0.588. The quantitative estimate of drug-likeness (QED) is 0.841. The van der Waals surface area contributed by atoms with Crippen LogP contribution in [0.2, 0.25) is 0 Å². The van der Waals surface area contributed by atoms with Crippen LogP contribution in [0.3, 0.4) is 0 Å². The van der Waals surface area contributed by atoms with Gasteiger partial charge in [0.05, 0.1) is 22.9 Å². The van der Waals surface area contributed by atoms with E-state index in [1.54, 1.807) is 17.8 Å². The summed E-state index contributed by atoms with van der Waals surface area (Å²) in [4.78, 5) is 0.996. The third-order valence-corrected chi connectivity index (χ3v) is 3.92. The fraction of sp³-hybridized carbons (Fsp3) is 0.176. The predicted octanol–water partition coefficient (Wildman–Crippen LogP) is 4.15. The van der Waals surface area contributed by atoms with Gasteiger partial charge in [-0.1, -0.05) is 25.1 Å². The third kappa shape index (κ3) is 3.78. The molecular formula is C17H15N3S. The number of rotatable bonds is 5. The van der Waals surface area contributed by atoms with Crippen LogP contribution in [0.1, 0.15) is 23.6 Å². The van der Waals surface area contributed by atoms with Gasteiger partial charge in [0.25, 0.3) is 0 Å². The Hall–Kier alpha value is -2.43. The van der Waals surface area contributed by atoms with Crippen molar-refractivity contribution in [1.82, 2.24) is 0 Å². The highest BCUT2D eigenvalue weighted by molar-refractivity contribution is 7.99. The lowest BCUT2D eigenvalue weighted by Crippen LogP contribution is -2.02. The molecule has 0 saturated carbocycles. The van der Waals surface area contributed by atoms with E-state index in [1.165, 1.54) is 0 Å². The molecule has 0 aliphatic rings. The fourth-order valence-corrected chi connectivity index (χ4v) is 2.80. The summed E-state index contributed by atoms with van der Waals surface area (Å²) in [5, 5.41) is 21.6. The van der Waals surface area contributed by atoms with Crippen LogP contribution in [-0.2, 0) is 6.54 Å². The first-order valence-electron chi connectivity index (χ1n) is 6.67. The van der Waals surface area contributed by atoms with Crippen LogP contribution < -0.4 is 5.32 Å². The van der Waals surface area contributed by atoms with E-state index in [-0.39, 0.29) is 0 Å². The molecule has 0 saturated heterocycles. The smallest absolute Gasteiger partial charge is 0.102 e. The molecule has 4 heteroatoms. The van der Waals surface area contributed by atoms with Crippen LogP contribution in [0.15, 0.2) is 47.4 Å². The second-order valence-electron chi connectivity index (χ2n) is 4.39. The van der Waals surface area contributed by atoms with Gasteiger partial charge in [0.1, 0.15) is 6.07 Å². The number of thioether (sulfide) groups is 1. The maximum atomic E-state index is 9.36. The molecular weight excluding hydrogens is 278 g/mol. The molecule has 0 aliphatic heterocycles. The average molecular weight is 293 g/mol. The Kier molecular flexibility index (Phi) is 5.26. The van der Waals surface area contributed by atoms with Gasteiger partial charge in [-0.25, -0.2) is 0 Å². The minimum Gasteiger partial charge on any atom is -0.380 e. The summed E-state index contributed by atoms with van der Waals surface area (Å²) in [6.45, 7) is 2.66. The van der Waals surface area contributed by atoms with Gasteiger partial charge < -0.3 is 5.32 Å². The Morgan fingerprint density at radius 1 is 1.10 bits per heavy atom. The first-order valence-corrected chi connectivity index (χ1v) is 7.66. The van der Waals surface area contributed by atoms with Crippen molar-refractivity contribution in [2.45, 2.75) is 18.4 Å². The standard InChI is InChI=1S/C17H15N3S/c1-2-21-17-8-4-7-16(15(17)11-19)20-12-14-6-3-5-13(9-14)10-18/h3-9,20H,2,12H2,1H3. The van der Waals surface area contributed by atoms with Crippen LogP contribution in [-0.4, -0.2) is 5.75 Å². The molecule has 0 atom stereocenters. The van der Waals surface area contributed by atoms with E-state index >= 15 is 0 Å². The summed E-state index contributed by atoms with van der Waals surface area (Å²) in [6.07, 6.45) is 0. The van der Waals surface area contributed by atoms with E-state index in [1.807, 2.05) is 36.4 Å². The second kappa shape index (κ2) is 7.38. The van der Waals surface area contributed by atoms with Gasteiger partial charge in [-0.05, 0) is 35.6 Å². The molecule has 2 aromatic carbocycles. The summed E-state index contributed by atoms with van der Waals surface area (Å²) in [7, 11) is 0. The Morgan fingerprint density at radius 2 is 1.90 bits per heavy atom. The SMILES string of the molecule is CCSc1cccc(NCc2cccc(C#N)c2)c1C#N. The Labute approximate surface area is 129 Å². The van der Waals surface area contributed by atoms with Crippen LogP contribution in [0.5, 0.6) is 0 Å². The van der Waals surface area contributed by atoms with Gasteiger partial charge in [-0.2, -0.15) is 10.5 Å². The van der Waals surface area contributed by atoms with Gasteiger partial charge in [0.15, 0.2) is 0 Å². The van der Waals surface area contributed by atoms with E-state index in [2.05, 4.69) is 24.4 Å². The van der Waals surface area contributed by atoms with Crippen molar-refractivity contribution in [1.29, 1.82) is 10.5 Å². The molecule has 0 amide bonds. The van der Waals surface area contributed by atoms with Gasteiger partial charge in [0.2, 0.25) is 0 Å². The van der Waals surface area contributed by atoms with E-state index in [9.17, 15) is 5.26 Å². The van der Waals surface area contributed by atoms with Crippen LogP contribution in [0, 0.1) is 22.7 Å². The van der Waals surface area contributed by atoms with E-state index in [4.69, 9.17) is 5.26 Å². The highest BCUT2D eigenvalue weighted by Gasteiger charge is 2.07. The monoisotopic (exact) mass is 293 g/mol. The van der Waals surface area contributed by atoms with Crippen LogP contribution in [0.25, 0.3) is 0 Å². The maximum Gasteiger partial charge on any atom is 0.102 e. The molecule has 104 valence electrons. The molecule has 3 nitrogen and oxygen atoms in total. The molecule has 0 aromatic heterocycles. The largest absolute Gasteiger partial charge is 0.380 e. The molecule has 2 aromatic rings. The molecule has 2 rings (SSSR count). The van der Waals surface area contributed by atoms with Crippen molar-refractivity contribution >= 4 is 17.4 Å². The Bertz CT molecular complexity index is 711. The number of benzene rings is 2. The normalized spacial score (nSPS) is 9.67. The lowest BCUT2D eigenvalue weighted by atomic mass is 10.1. The molecule has 0 heterocycles. The molecule has 0 unspecified atom stereocenters. The maximum absolute atomic E-state index is 9.36. The molecule has 1 N–H and O–H groups in total. The van der Waals surface area contributed by atoms with Crippen molar-refractivity contribution in [3.05, 3.63) is 59.2 Å². The molecule has 0 bridgehead atoms. The van der Waals surface area contributed by atoms with Crippen molar-refractivity contribution in [3.8, 4) is 12.1 Å². The number of hydrogen-bond acceptors (Lipinski definition) is 4. The van der Waals surface area contributed by atoms with Gasteiger partial charge >= 0.3 is 0 Å². The second-order valence-corrected chi connectivity index (χ2v) is 5.70. The number of anilines is 1. The summed E-state index contributed by atoms with van der Waals surface area (Å²) < 4.78 is 0. The van der Waals surface area contributed by atoms with Gasteiger partial charge in [0, 0.05) is 11.4 Å². The lowest BCUT2D eigenvalue weighted by molar-refractivity contribution is 1.13. The molecule has 0 aliphatic carbocycles.